The minimum atomic E-state index is -1.14. The molecule has 3 N–H and O–H groups in total. The van der Waals surface area contributed by atoms with Crippen LogP contribution in [0.2, 0.25) is 0 Å². The minimum absolute atomic E-state index is 0.355. The fourth-order valence-corrected chi connectivity index (χ4v) is 1.91. The number of rotatable bonds is 5. The summed E-state index contributed by atoms with van der Waals surface area (Å²) in [5.74, 6) is -1.02. The van der Waals surface area contributed by atoms with Gasteiger partial charge in [-0.05, 0) is 29.8 Å². The van der Waals surface area contributed by atoms with Crippen molar-refractivity contribution in [2.24, 2.45) is 5.73 Å². The zero-order chi connectivity index (χ0) is 16.8. The molecule has 0 aliphatic carbocycles. The molecule has 7 nitrogen and oxygen atoms in total. The van der Waals surface area contributed by atoms with Crippen molar-refractivity contribution in [1.82, 2.24) is 5.32 Å². The van der Waals surface area contributed by atoms with Gasteiger partial charge in [0.05, 0.1) is 0 Å². The summed E-state index contributed by atoms with van der Waals surface area (Å²) in [5.41, 5.74) is 4.81. The van der Waals surface area contributed by atoms with E-state index in [9.17, 15) is 14.4 Å². The topological polar surface area (TPSA) is 108 Å². The van der Waals surface area contributed by atoms with E-state index in [4.69, 9.17) is 15.2 Å². The highest BCUT2D eigenvalue weighted by molar-refractivity contribution is 5.96. The van der Waals surface area contributed by atoms with E-state index < -0.39 is 24.0 Å². The van der Waals surface area contributed by atoms with Crippen LogP contribution in [0, 0.1) is 0 Å². The predicted octanol–water partition coefficient (Wildman–Crippen LogP) is 1.35. The number of fused-ring (bicyclic) bond motifs is 1. The fraction of sp³-hybridized carbons (Fsp3) is 0.188. The van der Waals surface area contributed by atoms with Crippen LogP contribution in [0.25, 0.3) is 10.8 Å². The number of benzene rings is 2. The van der Waals surface area contributed by atoms with Gasteiger partial charge in [-0.1, -0.05) is 30.3 Å². The first-order valence-electron chi connectivity index (χ1n) is 6.87. The molecule has 2 rings (SSSR count). The first kappa shape index (κ1) is 16.3. The number of urea groups is 1. The Morgan fingerprint density at radius 2 is 1.83 bits per heavy atom. The molecule has 0 spiro atoms. The van der Waals surface area contributed by atoms with Crippen molar-refractivity contribution in [3.05, 3.63) is 42.5 Å². The number of nitrogens with one attached hydrogen (secondary N) is 1. The number of esters is 1. The standard InChI is InChI=1S/C16H16N2O5/c1-10(15(20)18-16(17)21)23-14(19)9-22-13-7-6-11-4-2-3-5-12(11)8-13/h2-8,10H,9H2,1H3,(H3,17,18,20,21)/t10-/m0/s1. The molecule has 1 atom stereocenters. The molecular weight excluding hydrogens is 300 g/mol. The van der Waals surface area contributed by atoms with E-state index in [1.54, 1.807) is 12.1 Å². The molecule has 0 unspecified atom stereocenters. The largest absolute Gasteiger partial charge is 0.482 e. The highest BCUT2D eigenvalue weighted by Gasteiger charge is 2.19. The first-order valence-corrected chi connectivity index (χ1v) is 6.87. The molecule has 0 aliphatic rings. The molecule has 0 bridgehead atoms. The second-order valence-corrected chi connectivity index (χ2v) is 4.78. The van der Waals surface area contributed by atoms with Gasteiger partial charge in [0.25, 0.3) is 5.91 Å². The first-order chi connectivity index (χ1) is 11.0. The van der Waals surface area contributed by atoms with Gasteiger partial charge < -0.3 is 15.2 Å². The predicted molar refractivity (Wildman–Crippen MR) is 82.7 cm³/mol. The summed E-state index contributed by atoms with van der Waals surface area (Å²) in [6.45, 7) is 0.971. The number of amides is 3. The van der Waals surface area contributed by atoms with Crippen LogP contribution in [0.15, 0.2) is 42.5 Å². The van der Waals surface area contributed by atoms with E-state index >= 15 is 0 Å². The Bertz CT molecular complexity index is 744. The Kier molecular flexibility index (Phi) is 5.14. The molecular formula is C16H16N2O5. The van der Waals surface area contributed by atoms with Crippen molar-refractivity contribution < 1.29 is 23.9 Å². The van der Waals surface area contributed by atoms with E-state index in [0.717, 1.165) is 10.8 Å². The van der Waals surface area contributed by atoms with Gasteiger partial charge in [0, 0.05) is 0 Å². The highest BCUT2D eigenvalue weighted by atomic mass is 16.6. The van der Waals surface area contributed by atoms with Crippen LogP contribution < -0.4 is 15.8 Å². The molecule has 2 aromatic carbocycles. The Morgan fingerprint density at radius 3 is 2.52 bits per heavy atom. The lowest BCUT2D eigenvalue weighted by Gasteiger charge is -2.12. The Morgan fingerprint density at radius 1 is 1.13 bits per heavy atom. The van der Waals surface area contributed by atoms with Crippen molar-refractivity contribution in [3.8, 4) is 5.75 Å². The number of hydrogen-bond acceptors (Lipinski definition) is 5. The van der Waals surface area contributed by atoms with Crippen molar-refractivity contribution in [2.75, 3.05) is 6.61 Å². The molecule has 2 aromatic rings. The van der Waals surface area contributed by atoms with Crippen molar-refractivity contribution in [2.45, 2.75) is 13.0 Å². The number of nitrogens with two attached hydrogens (primary N) is 1. The van der Waals surface area contributed by atoms with Crippen LogP contribution in [0.5, 0.6) is 5.75 Å². The number of hydrogen-bond donors (Lipinski definition) is 2. The highest BCUT2D eigenvalue weighted by Crippen LogP contribution is 2.20. The maximum atomic E-state index is 11.6. The average Bonchev–Trinajstić information content (AvgIpc) is 2.52. The van der Waals surface area contributed by atoms with Crippen LogP contribution in [0.3, 0.4) is 0 Å². The van der Waals surface area contributed by atoms with Crippen LogP contribution in [-0.4, -0.2) is 30.6 Å². The summed E-state index contributed by atoms with van der Waals surface area (Å²) in [5, 5.41) is 3.86. The molecule has 0 heterocycles. The zero-order valence-corrected chi connectivity index (χ0v) is 12.4. The second kappa shape index (κ2) is 7.26. The quantitative estimate of drug-likeness (QED) is 0.809. The van der Waals surface area contributed by atoms with Gasteiger partial charge in [0.2, 0.25) is 0 Å². The minimum Gasteiger partial charge on any atom is -0.482 e. The molecule has 0 fully saturated rings. The molecule has 0 saturated carbocycles. The van der Waals surface area contributed by atoms with Crippen LogP contribution >= 0.6 is 0 Å². The van der Waals surface area contributed by atoms with Gasteiger partial charge in [-0.15, -0.1) is 0 Å². The Hall–Kier alpha value is -3.09. The maximum absolute atomic E-state index is 11.6. The van der Waals surface area contributed by atoms with Gasteiger partial charge >= 0.3 is 12.0 Å². The van der Waals surface area contributed by atoms with Gasteiger partial charge in [0.1, 0.15) is 5.75 Å². The molecule has 3 amide bonds. The lowest BCUT2D eigenvalue weighted by atomic mass is 10.1. The normalized spacial score (nSPS) is 11.5. The number of ether oxygens (including phenoxy) is 2. The van der Waals surface area contributed by atoms with E-state index in [0.29, 0.717) is 5.75 Å². The molecule has 0 aromatic heterocycles. The summed E-state index contributed by atoms with van der Waals surface area (Å²) in [4.78, 5) is 33.6. The lowest BCUT2D eigenvalue weighted by molar-refractivity contribution is -0.156. The van der Waals surface area contributed by atoms with Gasteiger partial charge in [0.15, 0.2) is 12.7 Å². The summed E-state index contributed by atoms with van der Waals surface area (Å²) in [6, 6.07) is 12.1. The third kappa shape index (κ3) is 4.70. The molecule has 7 heteroatoms. The molecule has 23 heavy (non-hydrogen) atoms. The Balaban J connectivity index is 1.88. The van der Waals surface area contributed by atoms with E-state index in [1.807, 2.05) is 35.6 Å². The summed E-state index contributed by atoms with van der Waals surface area (Å²) in [7, 11) is 0. The third-order valence-corrected chi connectivity index (χ3v) is 3.00. The molecule has 120 valence electrons. The van der Waals surface area contributed by atoms with Crippen LogP contribution in [-0.2, 0) is 14.3 Å². The maximum Gasteiger partial charge on any atom is 0.344 e. The van der Waals surface area contributed by atoms with Gasteiger partial charge in [-0.2, -0.15) is 0 Å². The average molecular weight is 316 g/mol. The van der Waals surface area contributed by atoms with Gasteiger partial charge in [-0.25, -0.2) is 9.59 Å². The van der Waals surface area contributed by atoms with E-state index in [2.05, 4.69) is 0 Å². The van der Waals surface area contributed by atoms with Crippen LogP contribution in [0.1, 0.15) is 6.92 Å². The number of carbonyl (C=O) groups is 3. The third-order valence-electron chi connectivity index (χ3n) is 3.00. The fourth-order valence-electron chi connectivity index (χ4n) is 1.91. The summed E-state index contributed by atoms with van der Waals surface area (Å²) < 4.78 is 10.2. The number of primary amides is 1. The lowest BCUT2D eigenvalue weighted by Crippen LogP contribution is -2.42. The van der Waals surface area contributed by atoms with Crippen molar-refractivity contribution >= 4 is 28.7 Å². The second-order valence-electron chi connectivity index (χ2n) is 4.78. The molecule has 0 radical (unpaired) electrons. The molecule has 0 aliphatic heterocycles. The van der Waals surface area contributed by atoms with Crippen molar-refractivity contribution in [3.63, 3.8) is 0 Å². The van der Waals surface area contributed by atoms with Crippen LogP contribution in [0.4, 0.5) is 4.79 Å². The summed E-state index contributed by atoms with van der Waals surface area (Å²) in [6.07, 6.45) is -1.14. The van der Waals surface area contributed by atoms with Gasteiger partial charge in [-0.3, -0.25) is 10.1 Å². The SMILES string of the molecule is C[C@H](OC(=O)COc1ccc2ccccc2c1)C(=O)NC(N)=O. The Labute approximate surface area is 132 Å². The molecule has 0 saturated heterocycles. The number of imide groups is 1. The van der Waals surface area contributed by atoms with E-state index in [-0.39, 0.29) is 6.61 Å². The van der Waals surface area contributed by atoms with Crippen molar-refractivity contribution in [1.29, 1.82) is 0 Å². The zero-order valence-electron chi connectivity index (χ0n) is 12.4. The smallest absolute Gasteiger partial charge is 0.344 e. The summed E-state index contributed by atoms with van der Waals surface area (Å²) >= 11 is 0. The van der Waals surface area contributed by atoms with E-state index in [1.165, 1.54) is 6.92 Å². The monoisotopic (exact) mass is 316 g/mol. The number of carbonyl (C=O) groups excluding carboxylic acids is 3.